The number of nitrogens with one attached hydrogen (secondary N) is 2. The summed E-state index contributed by atoms with van der Waals surface area (Å²) in [5.74, 6) is -0.123. The van der Waals surface area contributed by atoms with E-state index in [2.05, 4.69) is 15.5 Å². The maximum atomic E-state index is 13.1. The molecule has 0 unspecified atom stereocenters. The Bertz CT molecular complexity index is 389. The molecular weight excluding hydrogens is 241 g/mol. The number of piperazine rings is 1. The number of nitrogens with zero attached hydrogens (tertiary/aromatic N) is 1. The Hall–Kier alpha value is -0.970. The molecule has 1 aliphatic heterocycles. The van der Waals surface area contributed by atoms with Gasteiger partial charge in [-0.15, -0.1) is 0 Å². The molecule has 0 radical (unpaired) electrons. The van der Waals surface area contributed by atoms with Gasteiger partial charge in [0.05, 0.1) is 0 Å². The lowest BCUT2D eigenvalue weighted by Crippen LogP contribution is -2.44. The number of aryl methyl sites for hydroxylation is 1. The van der Waals surface area contributed by atoms with Crippen LogP contribution in [0.25, 0.3) is 0 Å². The van der Waals surface area contributed by atoms with Crippen molar-refractivity contribution in [1.29, 1.82) is 0 Å². The fourth-order valence-corrected chi connectivity index (χ4v) is 2.41. The molecule has 0 bridgehead atoms. The van der Waals surface area contributed by atoms with E-state index in [0.717, 1.165) is 56.9 Å². The van der Waals surface area contributed by atoms with E-state index in [9.17, 15) is 4.39 Å². The Morgan fingerprint density at radius 1 is 1.32 bits per heavy atom. The Morgan fingerprint density at radius 3 is 2.84 bits per heavy atom. The molecule has 0 aliphatic carbocycles. The van der Waals surface area contributed by atoms with E-state index in [-0.39, 0.29) is 5.82 Å². The molecule has 0 atom stereocenters. The average molecular weight is 265 g/mol. The van der Waals surface area contributed by atoms with E-state index in [1.165, 1.54) is 6.42 Å². The van der Waals surface area contributed by atoms with E-state index >= 15 is 0 Å². The number of rotatable bonds is 6. The fourth-order valence-electron chi connectivity index (χ4n) is 2.41. The second-order valence-corrected chi connectivity index (χ2v) is 5.21. The largest absolute Gasteiger partial charge is 0.314 e. The third kappa shape index (κ3) is 4.90. The molecule has 0 amide bonds. The van der Waals surface area contributed by atoms with Crippen LogP contribution in [0.2, 0.25) is 0 Å². The lowest BCUT2D eigenvalue weighted by Gasteiger charge is -2.27. The molecule has 2 rings (SSSR count). The first-order chi connectivity index (χ1) is 9.25. The number of halogens is 1. The predicted molar refractivity (Wildman–Crippen MR) is 76.8 cm³/mol. The van der Waals surface area contributed by atoms with Gasteiger partial charge in [-0.25, -0.2) is 4.39 Å². The number of hydrogen-bond donors (Lipinski definition) is 2. The highest BCUT2D eigenvalue weighted by Crippen LogP contribution is 2.08. The minimum atomic E-state index is -0.123. The first-order valence-corrected chi connectivity index (χ1v) is 7.14. The number of benzene rings is 1. The first-order valence-electron chi connectivity index (χ1n) is 7.14. The summed E-state index contributed by atoms with van der Waals surface area (Å²) in [6, 6.07) is 5.32. The molecule has 0 spiro atoms. The normalized spacial score (nSPS) is 16.7. The first kappa shape index (κ1) is 14.4. The molecule has 3 nitrogen and oxygen atoms in total. The van der Waals surface area contributed by atoms with Crippen LogP contribution < -0.4 is 10.6 Å². The molecule has 1 heterocycles. The van der Waals surface area contributed by atoms with Gasteiger partial charge in [-0.3, -0.25) is 0 Å². The molecule has 106 valence electrons. The summed E-state index contributed by atoms with van der Waals surface area (Å²) in [5, 5.41) is 6.78. The van der Waals surface area contributed by atoms with Gasteiger partial charge in [0.2, 0.25) is 0 Å². The minimum Gasteiger partial charge on any atom is -0.314 e. The second kappa shape index (κ2) is 7.58. The predicted octanol–water partition coefficient (Wildman–Crippen LogP) is 1.52. The maximum absolute atomic E-state index is 13.1. The van der Waals surface area contributed by atoms with Crippen molar-refractivity contribution in [3.8, 4) is 0 Å². The lowest BCUT2D eigenvalue weighted by molar-refractivity contribution is 0.237. The van der Waals surface area contributed by atoms with Gasteiger partial charge < -0.3 is 15.5 Å². The highest BCUT2D eigenvalue weighted by atomic mass is 19.1. The molecule has 1 fully saturated rings. The van der Waals surface area contributed by atoms with E-state index in [4.69, 9.17) is 0 Å². The van der Waals surface area contributed by atoms with Crippen molar-refractivity contribution in [2.45, 2.75) is 19.9 Å². The third-order valence-electron chi connectivity index (χ3n) is 3.59. The molecule has 1 saturated heterocycles. The summed E-state index contributed by atoms with van der Waals surface area (Å²) in [6.45, 7) is 9.36. The van der Waals surface area contributed by atoms with Crippen LogP contribution in [0.5, 0.6) is 0 Å². The van der Waals surface area contributed by atoms with Gasteiger partial charge in [0.25, 0.3) is 0 Å². The summed E-state index contributed by atoms with van der Waals surface area (Å²) in [6.07, 6.45) is 1.17. The van der Waals surface area contributed by atoms with Crippen LogP contribution in [0.4, 0.5) is 4.39 Å². The van der Waals surface area contributed by atoms with Gasteiger partial charge in [-0.2, -0.15) is 0 Å². The van der Waals surface area contributed by atoms with Crippen molar-refractivity contribution >= 4 is 0 Å². The maximum Gasteiger partial charge on any atom is 0.126 e. The van der Waals surface area contributed by atoms with E-state index in [1.54, 1.807) is 6.07 Å². The summed E-state index contributed by atoms with van der Waals surface area (Å²) in [5.41, 5.74) is 1.88. The van der Waals surface area contributed by atoms with Crippen molar-refractivity contribution in [2.75, 3.05) is 39.3 Å². The zero-order valence-electron chi connectivity index (χ0n) is 11.7. The highest BCUT2D eigenvalue weighted by molar-refractivity contribution is 5.23. The summed E-state index contributed by atoms with van der Waals surface area (Å²) in [4.78, 5) is 2.50. The molecule has 4 heteroatoms. The van der Waals surface area contributed by atoms with Gasteiger partial charge >= 0.3 is 0 Å². The topological polar surface area (TPSA) is 27.3 Å². The fraction of sp³-hybridized carbons (Fsp3) is 0.600. The van der Waals surface area contributed by atoms with Crippen LogP contribution in [0.3, 0.4) is 0 Å². The van der Waals surface area contributed by atoms with Crippen LogP contribution in [-0.4, -0.2) is 44.2 Å². The van der Waals surface area contributed by atoms with Crippen molar-refractivity contribution in [2.24, 2.45) is 0 Å². The quantitative estimate of drug-likeness (QED) is 0.764. The average Bonchev–Trinajstić information content (AvgIpc) is 2.43. The highest BCUT2D eigenvalue weighted by Gasteiger charge is 2.07. The molecule has 19 heavy (non-hydrogen) atoms. The van der Waals surface area contributed by atoms with Gasteiger partial charge in [-0.05, 0) is 43.6 Å². The zero-order valence-corrected chi connectivity index (χ0v) is 11.7. The van der Waals surface area contributed by atoms with Crippen molar-refractivity contribution in [1.82, 2.24) is 15.5 Å². The minimum absolute atomic E-state index is 0.123. The van der Waals surface area contributed by atoms with Gasteiger partial charge in [0.1, 0.15) is 5.82 Å². The van der Waals surface area contributed by atoms with Crippen molar-refractivity contribution in [3.63, 3.8) is 0 Å². The van der Waals surface area contributed by atoms with Crippen molar-refractivity contribution in [3.05, 3.63) is 35.1 Å². The van der Waals surface area contributed by atoms with Gasteiger partial charge in [0, 0.05) is 32.7 Å². The SMILES string of the molecule is Cc1cc(CNCCCN2CCNCC2)ccc1F. The molecule has 0 aromatic heterocycles. The molecule has 1 aromatic rings. The van der Waals surface area contributed by atoms with Crippen LogP contribution >= 0.6 is 0 Å². The summed E-state index contributed by atoms with van der Waals surface area (Å²) < 4.78 is 13.1. The Kier molecular flexibility index (Phi) is 5.76. The summed E-state index contributed by atoms with van der Waals surface area (Å²) >= 11 is 0. The zero-order chi connectivity index (χ0) is 13.5. The molecule has 2 N–H and O–H groups in total. The van der Waals surface area contributed by atoms with E-state index in [1.807, 2.05) is 19.1 Å². The monoisotopic (exact) mass is 265 g/mol. The van der Waals surface area contributed by atoms with Crippen LogP contribution in [0, 0.1) is 12.7 Å². The van der Waals surface area contributed by atoms with Gasteiger partial charge in [0.15, 0.2) is 0 Å². The lowest BCUT2D eigenvalue weighted by atomic mass is 10.1. The van der Waals surface area contributed by atoms with Gasteiger partial charge in [-0.1, -0.05) is 12.1 Å². The Morgan fingerprint density at radius 2 is 2.11 bits per heavy atom. The molecule has 1 aromatic carbocycles. The Labute approximate surface area is 115 Å². The van der Waals surface area contributed by atoms with Crippen LogP contribution in [0.15, 0.2) is 18.2 Å². The summed E-state index contributed by atoms with van der Waals surface area (Å²) in [7, 11) is 0. The van der Waals surface area contributed by atoms with Crippen molar-refractivity contribution < 1.29 is 4.39 Å². The van der Waals surface area contributed by atoms with Crippen LogP contribution in [-0.2, 0) is 6.54 Å². The standard InChI is InChI=1S/C15H24FN3/c1-13-11-14(3-4-15(13)16)12-18-5-2-8-19-9-6-17-7-10-19/h3-4,11,17-18H,2,5-10,12H2,1H3. The second-order valence-electron chi connectivity index (χ2n) is 5.21. The van der Waals surface area contributed by atoms with E-state index in [0.29, 0.717) is 0 Å². The third-order valence-corrected chi connectivity index (χ3v) is 3.59. The molecule has 1 aliphatic rings. The smallest absolute Gasteiger partial charge is 0.126 e. The Balaban J connectivity index is 1.59. The van der Waals surface area contributed by atoms with E-state index < -0.39 is 0 Å². The number of hydrogen-bond acceptors (Lipinski definition) is 3. The molecular formula is C15H24FN3. The van der Waals surface area contributed by atoms with Crippen LogP contribution in [0.1, 0.15) is 17.5 Å². The molecule has 0 saturated carbocycles.